The number of hydrogen-bond acceptors (Lipinski definition) is 3. The number of rotatable bonds is 7. The highest BCUT2D eigenvalue weighted by Gasteiger charge is 2.20. The van der Waals surface area contributed by atoms with Gasteiger partial charge in [-0.2, -0.15) is 0 Å². The van der Waals surface area contributed by atoms with Crippen LogP contribution in [-0.2, 0) is 4.74 Å². The van der Waals surface area contributed by atoms with Crippen LogP contribution < -0.4 is 5.32 Å². The molecule has 0 aromatic carbocycles. The minimum Gasteiger partial charge on any atom is -0.381 e. The third kappa shape index (κ3) is 4.97. The van der Waals surface area contributed by atoms with Gasteiger partial charge in [-0.15, -0.1) is 0 Å². The number of nitrogens with zero attached hydrogens (tertiary/aromatic N) is 1. The fraction of sp³-hybridized carbons (Fsp3) is 0.538. The number of carbonyl (C=O) groups is 1. The van der Waals surface area contributed by atoms with Crippen molar-refractivity contribution in [3.8, 4) is 0 Å². The monoisotopic (exact) mass is 302 g/mol. The van der Waals surface area contributed by atoms with Gasteiger partial charge >= 0.3 is 0 Å². The van der Waals surface area contributed by atoms with E-state index in [0.717, 1.165) is 18.9 Å². The van der Waals surface area contributed by atoms with Crippen molar-refractivity contribution >= 4 is 29.1 Å². The maximum absolute atomic E-state index is 11.8. The van der Waals surface area contributed by atoms with Crippen LogP contribution in [0.15, 0.2) is 12.3 Å². The molecule has 0 spiro atoms. The first-order valence-corrected chi connectivity index (χ1v) is 7.09. The summed E-state index contributed by atoms with van der Waals surface area (Å²) in [4.78, 5) is 15.6. The van der Waals surface area contributed by atoms with E-state index in [1.165, 1.54) is 25.1 Å². The molecule has 1 fully saturated rings. The molecule has 1 aromatic rings. The number of hydrogen-bond donors (Lipinski definition) is 1. The molecule has 0 saturated heterocycles. The molecular formula is C13H16Cl2N2O2. The molecule has 0 radical (unpaired) electrons. The third-order valence-electron chi connectivity index (χ3n) is 2.87. The van der Waals surface area contributed by atoms with Crippen LogP contribution in [0.25, 0.3) is 0 Å². The van der Waals surface area contributed by atoms with Crippen LogP contribution in [0.5, 0.6) is 0 Å². The maximum Gasteiger partial charge on any atom is 0.252 e. The van der Waals surface area contributed by atoms with Gasteiger partial charge in [0.2, 0.25) is 0 Å². The number of ether oxygens (including phenoxy) is 1. The van der Waals surface area contributed by atoms with Crippen LogP contribution in [0.1, 0.15) is 29.6 Å². The Morgan fingerprint density at radius 1 is 1.47 bits per heavy atom. The van der Waals surface area contributed by atoms with Crippen LogP contribution in [-0.4, -0.2) is 30.6 Å². The van der Waals surface area contributed by atoms with Crippen LogP contribution in [0, 0.1) is 5.92 Å². The van der Waals surface area contributed by atoms with E-state index >= 15 is 0 Å². The van der Waals surface area contributed by atoms with E-state index in [-0.39, 0.29) is 11.1 Å². The molecule has 0 bridgehead atoms. The van der Waals surface area contributed by atoms with Crippen molar-refractivity contribution in [2.45, 2.75) is 19.3 Å². The third-order valence-corrected chi connectivity index (χ3v) is 3.38. The molecule has 19 heavy (non-hydrogen) atoms. The first-order valence-electron chi connectivity index (χ1n) is 6.34. The zero-order valence-corrected chi connectivity index (χ0v) is 12.0. The van der Waals surface area contributed by atoms with Crippen LogP contribution >= 0.6 is 23.2 Å². The average molecular weight is 303 g/mol. The molecule has 1 aromatic heterocycles. The number of nitrogens with one attached hydrogen (secondary N) is 1. The molecule has 4 nitrogen and oxygen atoms in total. The Bertz CT molecular complexity index is 450. The van der Waals surface area contributed by atoms with E-state index in [0.29, 0.717) is 23.7 Å². The van der Waals surface area contributed by atoms with Crippen molar-refractivity contribution in [2.24, 2.45) is 5.92 Å². The number of amides is 1. The Morgan fingerprint density at radius 2 is 2.26 bits per heavy atom. The smallest absolute Gasteiger partial charge is 0.252 e. The van der Waals surface area contributed by atoms with Crippen LogP contribution in [0.2, 0.25) is 10.2 Å². The van der Waals surface area contributed by atoms with Crippen molar-refractivity contribution < 1.29 is 9.53 Å². The van der Waals surface area contributed by atoms with Gasteiger partial charge in [0.25, 0.3) is 5.91 Å². The summed E-state index contributed by atoms with van der Waals surface area (Å²) in [5.74, 6) is 0.531. The Morgan fingerprint density at radius 3 is 3.00 bits per heavy atom. The highest BCUT2D eigenvalue weighted by Crippen LogP contribution is 2.28. The van der Waals surface area contributed by atoms with Gasteiger partial charge in [-0.3, -0.25) is 4.79 Å². The quantitative estimate of drug-likeness (QED) is 0.622. The fourth-order valence-electron chi connectivity index (χ4n) is 1.59. The summed E-state index contributed by atoms with van der Waals surface area (Å²) in [6, 6.07) is 1.46. The molecule has 1 aliphatic rings. The Balaban J connectivity index is 1.66. The number of halogens is 2. The van der Waals surface area contributed by atoms with E-state index in [1.807, 2.05) is 0 Å². The summed E-state index contributed by atoms with van der Waals surface area (Å²) >= 11 is 11.6. The van der Waals surface area contributed by atoms with E-state index in [2.05, 4.69) is 10.3 Å². The van der Waals surface area contributed by atoms with Gasteiger partial charge in [-0.1, -0.05) is 23.2 Å². The van der Waals surface area contributed by atoms with Crippen molar-refractivity contribution in [2.75, 3.05) is 19.8 Å². The van der Waals surface area contributed by atoms with Crippen LogP contribution in [0.3, 0.4) is 0 Å². The van der Waals surface area contributed by atoms with E-state index in [1.54, 1.807) is 0 Å². The lowest BCUT2D eigenvalue weighted by atomic mass is 10.2. The van der Waals surface area contributed by atoms with Gasteiger partial charge < -0.3 is 10.1 Å². The minimum absolute atomic E-state index is 0.239. The molecule has 1 heterocycles. The second kappa shape index (κ2) is 7.08. The van der Waals surface area contributed by atoms with E-state index in [9.17, 15) is 4.79 Å². The minimum atomic E-state index is -0.239. The number of carbonyl (C=O) groups excluding carboxylic acids is 1. The number of pyridine rings is 1. The summed E-state index contributed by atoms with van der Waals surface area (Å²) in [7, 11) is 0. The zero-order chi connectivity index (χ0) is 13.7. The molecule has 0 atom stereocenters. The van der Waals surface area contributed by atoms with Gasteiger partial charge in [0.1, 0.15) is 5.15 Å². The van der Waals surface area contributed by atoms with E-state index < -0.39 is 0 Å². The van der Waals surface area contributed by atoms with Crippen LogP contribution in [0.4, 0.5) is 0 Å². The highest BCUT2D eigenvalue weighted by molar-refractivity contribution is 6.35. The largest absolute Gasteiger partial charge is 0.381 e. The van der Waals surface area contributed by atoms with Gasteiger partial charge in [0, 0.05) is 26.0 Å². The normalized spacial score (nSPS) is 14.4. The molecule has 0 aliphatic heterocycles. The second-order valence-electron chi connectivity index (χ2n) is 4.61. The molecule has 6 heteroatoms. The molecule has 2 rings (SSSR count). The lowest BCUT2D eigenvalue weighted by Gasteiger charge is -2.07. The lowest BCUT2D eigenvalue weighted by Crippen LogP contribution is -2.25. The molecule has 1 amide bonds. The topological polar surface area (TPSA) is 51.2 Å². The second-order valence-corrected chi connectivity index (χ2v) is 5.41. The summed E-state index contributed by atoms with van der Waals surface area (Å²) in [6.45, 7) is 2.07. The van der Waals surface area contributed by atoms with Gasteiger partial charge in [-0.25, -0.2) is 4.98 Å². The molecule has 104 valence electrons. The Labute approximate surface area is 122 Å². The Hall–Kier alpha value is -0.840. The van der Waals surface area contributed by atoms with Crippen molar-refractivity contribution in [1.82, 2.24) is 10.3 Å². The lowest BCUT2D eigenvalue weighted by molar-refractivity contribution is 0.0937. The average Bonchev–Trinajstić information content (AvgIpc) is 3.20. The SMILES string of the molecule is O=C(NCCCOCC1CC1)c1cc(Cl)ncc1Cl. The van der Waals surface area contributed by atoms with Gasteiger partial charge in [0.15, 0.2) is 0 Å². The standard InChI is InChI=1S/C13H16Cl2N2O2/c14-11-7-17-12(15)6-10(11)13(18)16-4-1-5-19-8-9-2-3-9/h6-7,9H,1-5,8H2,(H,16,18). The molecule has 0 unspecified atom stereocenters. The van der Waals surface area contributed by atoms with Crippen molar-refractivity contribution in [3.05, 3.63) is 28.0 Å². The highest BCUT2D eigenvalue weighted by atomic mass is 35.5. The summed E-state index contributed by atoms with van der Waals surface area (Å²) in [5, 5.41) is 3.33. The first kappa shape index (κ1) is 14.6. The zero-order valence-electron chi connectivity index (χ0n) is 10.5. The van der Waals surface area contributed by atoms with Crippen molar-refractivity contribution in [3.63, 3.8) is 0 Å². The fourth-order valence-corrected chi connectivity index (χ4v) is 1.94. The summed E-state index contributed by atoms with van der Waals surface area (Å²) in [6.07, 6.45) is 4.74. The van der Waals surface area contributed by atoms with Crippen molar-refractivity contribution in [1.29, 1.82) is 0 Å². The molecule has 1 aliphatic carbocycles. The molecule has 1 saturated carbocycles. The maximum atomic E-state index is 11.8. The number of aromatic nitrogens is 1. The predicted octanol–water partition coefficient (Wildman–Crippen LogP) is 2.93. The molecular weight excluding hydrogens is 287 g/mol. The van der Waals surface area contributed by atoms with E-state index in [4.69, 9.17) is 27.9 Å². The first-order chi connectivity index (χ1) is 9.16. The molecule has 1 N–H and O–H groups in total. The van der Waals surface area contributed by atoms with Gasteiger partial charge in [0.05, 0.1) is 10.6 Å². The predicted molar refractivity (Wildman–Crippen MR) is 74.8 cm³/mol. The Kier molecular flexibility index (Phi) is 5.43. The summed E-state index contributed by atoms with van der Waals surface area (Å²) in [5.41, 5.74) is 0.348. The van der Waals surface area contributed by atoms with Gasteiger partial charge in [-0.05, 0) is 31.2 Å². The summed E-state index contributed by atoms with van der Waals surface area (Å²) < 4.78 is 5.48.